The number of nitrogens with zero attached hydrogens (tertiary/aromatic N) is 2. The van der Waals surface area contributed by atoms with Crippen LogP contribution in [-0.2, 0) is 6.54 Å². The van der Waals surface area contributed by atoms with Crippen LogP contribution in [0.1, 0.15) is 6.92 Å². The molecule has 0 aliphatic carbocycles. The van der Waals surface area contributed by atoms with Crippen LogP contribution >= 0.6 is 23.2 Å². The lowest BCUT2D eigenvalue weighted by molar-refractivity contribution is 0.621. The number of anilines is 1. The van der Waals surface area contributed by atoms with E-state index in [9.17, 15) is 4.79 Å². The molecule has 0 aliphatic rings. The first-order chi connectivity index (χ1) is 8.52. The van der Waals surface area contributed by atoms with Crippen LogP contribution in [0.4, 0.5) is 5.69 Å². The lowest BCUT2D eigenvalue weighted by Gasteiger charge is -2.08. The molecule has 18 heavy (non-hydrogen) atoms. The van der Waals surface area contributed by atoms with Crippen LogP contribution in [0.2, 0.25) is 10.0 Å². The average molecular weight is 284 g/mol. The molecule has 0 saturated carbocycles. The number of hydrogen-bond donors (Lipinski definition) is 1. The van der Waals surface area contributed by atoms with Crippen LogP contribution in [0.25, 0.3) is 11.3 Å². The lowest BCUT2D eigenvalue weighted by atomic mass is 10.1. The molecule has 0 spiro atoms. The fourth-order valence-electron chi connectivity index (χ4n) is 1.61. The van der Waals surface area contributed by atoms with Gasteiger partial charge in [-0.1, -0.05) is 23.2 Å². The zero-order valence-corrected chi connectivity index (χ0v) is 11.2. The third-order valence-corrected chi connectivity index (χ3v) is 3.06. The maximum Gasteiger partial charge on any atom is 0.289 e. The number of aryl methyl sites for hydroxylation is 1. The third kappa shape index (κ3) is 2.35. The number of halogens is 2. The molecule has 94 valence electrons. The normalized spacial score (nSPS) is 10.6. The maximum atomic E-state index is 11.6. The smallest absolute Gasteiger partial charge is 0.289 e. The van der Waals surface area contributed by atoms with Crippen molar-refractivity contribution < 1.29 is 0 Å². The maximum absolute atomic E-state index is 11.6. The zero-order chi connectivity index (χ0) is 13.3. The summed E-state index contributed by atoms with van der Waals surface area (Å²) in [5.74, 6) is 0. The number of benzene rings is 1. The van der Waals surface area contributed by atoms with Crippen LogP contribution in [0.5, 0.6) is 0 Å². The highest BCUT2D eigenvalue weighted by molar-refractivity contribution is 6.36. The summed E-state index contributed by atoms with van der Waals surface area (Å²) in [7, 11) is 0. The fraction of sp³-hybridized carbons (Fsp3) is 0.167. The molecule has 0 fully saturated rings. The molecule has 0 bridgehead atoms. The molecule has 0 amide bonds. The Morgan fingerprint density at radius 3 is 2.67 bits per heavy atom. The van der Waals surface area contributed by atoms with Gasteiger partial charge >= 0.3 is 0 Å². The number of aromatic nitrogens is 2. The first-order valence-corrected chi connectivity index (χ1v) is 6.11. The number of nitrogens with two attached hydrogens (primary N) is 1. The van der Waals surface area contributed by atoms with Crippen molar-refractivity contribution in [2.75, 3.05) is 5.73 Å². The molecule has 1 heterocycles. The first-order valence-electron chi connectivity index (χ1n) is 5.36. The van der Waals surface area contributed by atoms with Crippen molar-refractivity contribution in [3.05, 3.63) is 44.7 Å². The van der Waals surface area contributed by atoms with E-state index in [2.05, 4.69) is 5.10 Å². The Labute approximate surface area is 114 Å². The van der Waals surface area contributed by atoms with E-state index in [1.165, 1.54) is 10.7 Å². The summed E-state index contributed by atoms with van der Waals surface area (Å²) < 4.78 is 1.30. The van der Waals surface area contributed by atoms with Crippen molar-refractivity contribution in [3.63, 3.8) is 0 Å². The second-order valence-corrected chi connectivity index (χ2v) is 4.57. The second kappa shape index (κ2) is 5.00. The van der Waals surface area contributed by atoms with E-state index in [1.807, 2.05) is 6.92 Å². The van der Waals surface area contributed by atoms with Crippen molar-refractivity contribution >= 4 is 28.9 Å². The highest BCUT2D eigenvalue weighted by Crippen LogP contribution is 2.29. The highest BCUT2D eigenvalue weighted by Gasteiger charge is 2.10. The second-order valence-electron chi connectivity index (χ2n) is 3.73. The SMILES string of the molecule is CCn1nc(-c2ccc(Cl)cc2Cl)cc(N)c1=O. The molecular weight excluding hydrogens is 273 g/mol. The zero-order valence-electron chi connectivity index (χ0n) is 9.65. The molecule has 0 unspecified atom stereocenters. The molecule has 6 heteroatoms. The molecule has 0 atom stereocenters. The molecule has 2 rings (SSSR count). The summed E-state index contributed by atoms with van der Waals surface area (Å²) in [6.07, 6.45) is 0. The van der Waals surface area contributed by atoms with E-state index in [0.717, 1.165) is 0 Å². The molecule has 2 N–H and O–H groups in total. The monoisotopic (exact) mass is 283 g/mol. The summed E-state index contributed by atoms with van der Waals surface area (Å²) in [6.45, 7) is 2.27. The Morgan fingerprint density at radius 2 is 2.06 bits per heavy atom. The predicted octanol–water partition coefficient (Wildman–Crippen LogP) is 2.82. The van der Waals surface area contributed by atoms with Crippen molar-refractivity contribution in [2.24, 2.45) is 0 Å². The molecule has 0 saturated heterocycles. The van der Waals surface area contributed by atoms with Gasteiger partial charge in [0.1, 0.15) is 5.69 Å². The van der Waals surface area contributed by atoms with Gasteiger partial charge in [-0.2, -0.15) is 5.10 Å². The van der Waals surface area contributed by atoms with E-state index >= 15 is 0 Å². The van der Waals surface area contributed by atoms with Crippen LogP contribution in [0, 0.1) is 0 Å². The van der Waals surface area contributed by atoms with Crippen molar-refractivity contribution in [2.45, 2.75) is 13.5 Å². The Morgan fingerprint density at radius 1 is 1.33 bits per heavy atom. The number of hydrogen-bond acceptors (Lipinski definition) is 3. The Hall–Kier alpha value is -1.52. The van der Waals surface area contributed by atoms with Crippen molar-refractivity contribution in [3.8, 4) is 11.3 Å². The van der Waals surface area contributed by atoms with Gasteiger partial charge in [-0.15, -0.1) is 0 Å². The summed E-state index contributed by atoms with van der Waals surface area (Å²) in [5.41, 5.74) is 6.76. The van der Waals surface area contributed by atoms with Crippen molar-refractivity contribution in [1.82, 2.24) is 9.78 Å². The molecule has 0 radical (unpaired) electrons. The molecule has 1 aromatic carbocycles. The van der Waals surface area contributed by atoms with Gasteiger partial charge < -0.3 is 5.73 Å². The average Bonchev–Trinajstić information content (AvgIpc) is 2.32. The van der Waals surface area contributed by atoms with Crippen molar-refractivity contribution in [1.29, 1.82) is 0 Å². The standard InChI is InChI=1S/C12H11Cl2N3O/c1-2-17-12(18)10(15)6-11(16-17)8-4-3-7(13)5-9(8)14/h3-6H,2,15H2,1H3. The minimum atomic E-state index is -0.300. The van der Waals surface area contributed by atoms with E-state index < -0.39 is 0 Å². The molecule has 4 nitrogen and oxygen atoms in total. The van der Waals surface area contributed by atoms with E-state index in [4.69, 9.17) is 28.9 Å². The number of nitrogen functional groups attached to an aromatic ring is 1. The largest absolute Gasteiger partial charge is 0.394 e. The van der Waals surface area contributed by atoms with Crippen LogP contribution < -0.4 is 11.3 Å². The van der Waals surface area contributed by atoms with E-state index in [-0.39, 0.29) is 11.2 Å². The van der Waals surface area contributed by atoms with Gasteiger partial charge in [0.25, 0.3) is 5.56 Å². The molecule has 0 aliphatic heterocycles. The Balaban J connectivity index is 2.64. The topological polar surface area (TPSA) is 60.9 Å². The molecular formula is C12H11Cl2N3O. The van der Waals surface area contributed by atoms with Gasteiger partial charge in [-0.3, -0.25) is 4.79 Å². The van der Waals surface area contributed by atoms with E-state index in [1.54, 1.807) is 18.2 Å². The minimum Gasteiger partial charge on any atom is -0.394 e. The first kappa shape index (κ1) is 12.9. The Kier molecular flexibility index (Phi) is 3.59. The quantitative estimate of drug-likeness (QED) is 0.922. The van der Waals surface area contributed by atoms with Gasteiger partial charge in [0, 0.05) is 17.1 Å². The lowest BCUT2D eigenvalue weighted by Crippen LogP contribution is -2.25. The highest BCUT2D eigenvalue weighted by atomic mass is 35.5. The van der Waals surface area contributed by atoms with Gasteiger partial charge in [-0.25, -0.2) is 4.68 Å². The summed E-state index contributed by atoms with van der Waals surface area (Å²) in [4.78, 5) is 11.6. The summed E-state index contributed by atoms with van der Waals surface area (Å²) >= 11 is 11.9. The Bertz CT molecular complexity index is 652. The van der Waals surface area contributed by atoms with Gasteiger partial charge in [0.15, 0.2) is 0 Å². The van der Waals surface area contributed by atoms with Gasteiger partial charge in [0.05, 0.1) is 10.7 Å². The molecule has 1 aromatic heterocycles. The third-order valence-electron chi connectivity index (χ3n) is 2.51. The van der Waals surface area contributed by atoms with E-state index in [0.29, 0.717) is 27.8 Å². The van der Waals surface area contributed by atoms with Crippen LogP contribution in [0.3, 0.4) is 0 Å². The number of rotatable bonds is 2. The summed E-state index contributed by atoms with van der Waals surface area (Å²) in [5, 5.41) is 5.22. The molecule has 2 aromatic rings. The summed E-state index contributed by atoms with van der Waals surface area (Å²) in [6, 6.07) is 6.60. The minimum absolute atomic E-state index is 0.146. The van der Waals surface area contributed by atoms with Crippen LogP contribution in [0.15, 0.2) is 29.1 Å². The van der Waals surface area contributed by atoms with Crippen LogP contribution in [-0.4, -0.2) is 9.78 Å². The predicted molar refractivity (Wildman–Crippen MR) is 74.0 cm³/mol. The van der Waals surface area contributed by atoms with Gasteiger partial charge in [0.2, 0.25) is 0 Å². The fourth-order valence-corrected chi connectivity index (χ4v) is 2.11. The van der Waals surface area contributed by atoms with Gasteiger partial charge in [-0.05, 0) is 31.2 Å².